The van der Waals surface area contributed by atoms with Crippen molar-refractivity contribution >= 4 is 27.5 Å². The molecule has 3 nitrogen and oxygen atoms in total. The Hall–Kier alpha value is -0.270. The molecule has 0 bridgehead atoms. The number of benzene rings is 1. The quantitative estimate of drug-likeness (QED) is 0.856. The van der Waals surface area contributed by atoms with Crippen LogP contribution in [-0.2, 0) is 0 Å². The lowest BCUT2D eigenvalue weighted by molar-refractivity contribution is -0.118. The first kappa shape index (κ1) is 16.1. The maximum absolute atomic E-state index is 14.2. The van der Waals surface area contributed by atoms with E-state index in [1.807, 2.05) is 0 Å². The number of rotatable bonds is 4. The average molecular weight is 370 g/mol. The van der Waals surface area contributed by atoms with Crippen LogP contribution in [0.15, 0.2) is 22.7 Å². The predicted molar refractivity (Wildman–Crippen MR) is 78.4 cm³/mol. The maximum Gasteiger partial charge on any atom is 0.289 e. The Morgan fingerprint density at radius 2 is 2.05 bits per heavy atom. The number of aliphatic hydroxyl groups excluding tert-OH is 1. The van der Waals surface area contributed by atoms with Crippen molar-refractivity contribution in [3.8, 4) is 0 Å². The third kappa shape index (κ3) is 3.49. The van der Waals surface area contributed by atoms with Crippen LogP contribution in [-0.4, -0.2) is 48.7 Å². The highest BCUT2D eigenvalue weighted by Crippen LogP contribution is 2.40. The van der Waals surface area contributed by atoms with E-state index in [-0.39, 0.29) is 5.02 Å². The molecule has 0 aromatic heterocycles. The fourth-order valence-corrected chi connectivity index (χ4v) is 3.04. The predicted octanol–water partition coefficient (Wildman–Crippen LogP) is 2.68. The molecule has 2 N–H and O–H groups in total. The summed E-state index contributed by atoms with van der Waals surface area (Å²) in [5, 5.41) is 12.5. The van der Waals surface area contributed by atoms with E-state index in [0.717, 1.165) is 0 Å². The van der Waals surface area contributed by atoms with Gasteiger partial charge in [-0.1, -0.05) is 27.5 Å². The van der Waals surface area contributed by atoms with Crippen LogP contribution in [0.2, 0.25) is 5.02 Å². The number of halogens is 4. The molecular formula is C13H16BrClF2N2O. The molecule has 7 heteroatoms. The lowest BCUT2D eigenvalue weighted by Crippen LogP contribution is -2.51. The third-order valence-electron chi connectivity index (χ3n) is 3.38. The van der Waals surface area contributed by atoms with Crippen LogP contribution < -0.4 is 5.32 Å². The zero-order chi connectivity index (χ0) is 14.8. The molecule has 0 aliphatic carbocycles. The topological polar surface area (TPSA) is 35.5 Å². The molecule has 1 saturated heterocycles. The molecule has 1 fully saturated rings. The van der Waals surface area contributed by atoms with Gasteiger partial charge in [0.15, 0.2) is 0 Å². The second-order valence-electron chi connectivity index (χ2n) is 4.77. The van der Waals surface area contributed by atoms with Crippen LogP contribution in [0.5, 0.6) is 0 Å². The molecule has 1 aliphatic rings. The molecule has 1 heterocycles. The number of alkyl halides is 2. The number of nitrogens with one attached hydrogen (secondary N) is 1. The Balaban J connectivity index is 2.42. The average Bonchev–Trinajstić information content (AvgIpc) is 2.44. The normalized spacial score (nSPS) is 19.1. The van der Waals surface area contributed by atoms with Crippen LogP contribution in [0.4, 0.5) is 8.78 Å². The minimum Gasteiger partial charge on any atom is -0.390 e. The lowest BCUT2D eigenvalue weighted by Gasteiger charge is -2.39. The first-order chi connectivity index (χ1) is 9.45. The summed E-state index contributed by atoms with van der Waals surface area (Å²) in [4.78, 5) is 1.67. The van der Waals surface area contributed by atoms with Crippen molar-refractivity contribution < 1.29 is 13.9 Å². The highest BCUT2D eigenvalue weighted by molar-refractivity contribution is 9.10. The summed E-state index contributed by atoms with van der Waals surface area (Å²) < 4.78 is 29.1. The second-order valence-corrected chi connectivity index (χ2v) is 6.10. The zero-order valence-corrected chi connectivity index (χ0v) is 13.1. The Labute approximate surface area is 130 Å². The smallest absolute Gasteiger partial charge is 0.289 e. The molecular weight excluding hydrogens is 354 g/mol. The number of hydrogen-bond acceptors (Lipinski definition) is 3. The summed E-state index contributed by atoms with van der Waals surface area (Å²) in [5.41, 5.74) is 0.335. The first-order valence-corrected chi connectivity index (χ1v) is 7.51. The van der Waals surface area contributed by atoms with Gasteiger partial charge in [0.2, 0.25) is 0 Å². The van der Waals surface area contributed by atoms with Crippen LogP contribution in [0, 0.1) is 0 Å². The van der Waals surface area contributed by atoms with Crippen LogP contribution in [0.3, 0.4) is 0 Å². The SMILES string of the molecule is OCC(F)(F)[C@@H](c1cc(Br)ccc1Cl)N1CCNCC1. The molecule has 2 rings (SSSR count). The van der Waals surface area contributed by atoms with E-state index in [0.29, 0.717) is 36.2 Å². The van der Waals surface area contributed by atoms with Crippen molar-refractivity contribution in [1.82, 2.24) is 10.2 Å². The van der Waals surface area contributed by atoms with Crippen molar-refractivity contribution in [2.24, 2.45) is 0 Å². The highest BCUT2D eigenvalue weighted by Gasteiger charge is 2.44. The van der Waals surface area contributed by atoms with Gasteiger partial charge in [-0.3, -0.25) is 4.90 Å². The fourth-order valence-electron chi connectivity index (χ4n) is 2.44. The van der Waals surface area contributed by atoms with Gasteiger partial charge < -0.3 is 10.4 Å². The van der Waals surface area contributed by atoms with E-state index in [1.165, 1.54) is 0 Å². The third-order valence-corrected chi connectivity index (χ3v) is 4.22. The Morgan fingerprint density at radius 1 is 1.40 bits per heavy atom. The minimum atomic E-state index is -3.25. The van der Waals surface area contributed by atoms with Crippen LogP contribution >= 0.6 is 27.5 Å². The molecule has 0 amide bonds. The van der Waals surface area contributed by atoms with E-state index < -0.39 is 18.6 Å². The summed E-state index contributed by atoms with van der Waals surface area (Å²) in [6.07, 6.45) is 0. The van der Waals surface area contributed by atoms with Gasteiger partial charge in [-0.25, -0.2) is 8.78 Å². The lowest BCUT2D eigenvalue weighted by atomic mass is 9.98. The van der Waals surface area contributed by atoms with Crippen molar-refractivity contribution in [2.75, 3.05) is 32.8 Å². The highest BCUT2D eigenvalue weighted by atomic mass is 79.9. The molecule has 1 aliphatic heterocycles. The largest absolute Gasteiger partial charge is 0.390 e. The molecule has 1 aromatic carbocycles. The van der Waals surface area contributed by atoms with Crippen molar-refractivity contribution in [3.63, 3.8) is 0 Å². The molecule has 1 atom stereocenters. The second kappa shape index (κ2) is 6.66. The van der Waals surface area contributed by atoms with E-state index in [1.54, 1.807) is 23.1 Å². The molecule has 0 saturated carbocycles. The first-order valence-electron chi connectivity index (χ1n) is 6.34. The number of hydrogen-bond donors (Lipinski definition) is 2. The van der Waals surface area contributed by atoms with Gasteiger partial charge in [-0.2, -0.15) is 0 Å². The standard InChI is InChI=1S/C13H16BrClF2N2O/c14-9-1-2-11(15)10(7-9)12(13(16,17)8-20)19-5-3-18-4-6-19/h1-2,7,12,18,20H,3-6,8H2/t12-/m1/s1. The molecule has 0 spiro atoms. The maximum atomic E-state index is 14.2. The Kier molecular flexibility index (Phi) is 5.36. The van der Waals surface area contributed by atoms with Gasteiger partial charge in [0.05, 0.1) is 0 Å². The van der Waals surface area contributed by atoms with E-state index in [4.69, 9.17) is 16.7 Å². The van der Waals surface area contributed by atoms with E-state index >= 15 is 0 Å². The van der Waals surface area contributed by atoms with Gasteiger partial charge in [-0.15, -0.1) is 0 Å². The van der Waals surface area contributed by atoms with Gasteiger partial charge in [0.25, 0.3) is 5.92 Å². The van der Waals surface area contributed by atoms with Gasteiger partial charge in [0, 0.05) is 35.7 Å². The summed E-state index contributed by atoms with van der Waals surface area (Å²) in [7, 11) is 0. The van der Waals surface area contributed by atoms with Crippen molar-refractivity contribution in [1.29, 1.82) is 0 Å². The monoisotopic (exact) mass is 368 g/mol. The van der Waals surface area contributed by atoms with E-state index in [2.05, 4.69) is 21.2 Å². The Bertz CT molecular complexity index is 470. The molecule has 0 unspecified atom stereocenters. The number of aliphatic hydroxyl groups is 1. The van der Waals surface area contributed by atoms with Gasteiger partial charge >= 0.3 is 0 Å². The van der Waals surface area contributed by atoms with Crippen LogP contribution in [0.25, 0.3) is 0 Å². The summed E-state index contributed by atoms with van der Waals surface area (Å²) in [5.74, 6) is -3.25. The van der Waals surface area contributed by atoms with Crippen LogP contribution in [0.1, 0.15) is 11.6 Å². The Morgan fingerprint density at radius 3 is 2.65 bits per heavy atom. The molecule has 112 valence electrons. The zero-order valence-electron chi connectivity index (χ0n) is 10.8. The minimum absolute atomic E-state index is 0.282. The van der Waals surface area contributed by atoms with Gasteiger partial charge in [-0.05, 0) is 23.8 Å². The number of nitrogens with zero attached hydrogens (tertiary/aromatic N) is 1. The fraction of sp³-hybridized carbons (Fsp3) is 0.538. The van der Waals surface area contributed by atoms with E-state index in [9.17, 15) is 8.78 Å². The molecule has 20 heavy (non-hydrogen) atoms. The van der Waals surface area contributed by atoms with Gasteiger partial charge in [0.1, 0.15) is 12.6 Å². The molecule has 0 radical (unpaired) electrons. The van der Waals surface area contributed by atoms with Crippen molar-refractivity contribution in [3.05, 3.63) is 33.3 Å². The summed E-state index contributed by atoms with van der Waals surface area (Å²) >= 11 is 9.38. The summed E-state index contributed by atoms with van der Waals surface area (Å²) in [6.45, 7) is 1.06. The van der Waals surface area contributed by atoms with Crippen molar-refractivity contribution in [2.45, 2.75) is 12.0 Å². The molecule has 1 aromatic rings. The summed E-state index contributed by atoms with van der Waals surface area (Å²) in [6, 6.07) is 3.67. The number of piperazine rings is 1.